The van der Waals surface area contributed by atoms with Gasteiger partial charge in [0.05, 0.1) is 11.4 Å². The number of nitrogen functional groups attached to an aromatic ring is 1. The van der Waals surface area contributed by atoms with Crippen LogP contribution in [0.15, 0.2) is 36.5 Å². The smallest absolute Gasteiger partial charge is 0.116 e. The Morgan fingerprint density at radius 1 is 1.25 bits per heavy atom. The molecule has 82 valence electrons. The van der Waals surface area contributed by atoms with Crippen LogP contribution in [0.25, 0.3) is 11.3 Å². The molecular weight excluding hydrogens is 202 g/mol. The van der Waals surface area contributed by atoms with Crippen molar-refractivity contribution in [2.75, 3.05) is 5.73 Å². The first-order valence-electron chi connectivity index (χ1n) is 4.94. The van der Waals surface area contributed by atoms with Gasteiger partial charge < -0.3 is 16.6 Å². The summed E-state index contributed by atoms with van der Waals surface area (Å²) in [4.78, 5) is 4.24. The minimum atomic E-state index is 0.196. The van der Waals surface area contributed by atoms with Gasteiger partial charge in [-0.1, -0.05) is 12.1 Å². The van der Waals surface area contributed by atoms with Crippen LogP contribution in [0.1, 0.15) is 5.56 Å². The van der Waals surface area contributed by atoms with Crippen molar-refractivity contribution in [2.24, 2.45) is 5.73 Å². The van der Waals surface area contributed by atoms with Crippen molar-refractivity contribution in [1.82, 2.24) is 4.98 Å². The number of pyridine rings is 1. The van der Waals surface area contributed by atoms with Crippen molar-refractivity contribution < 1.29 is 5.11 Å². The molecule has 0 aliphatic carbocycles. The minimum Gasteiger partial charge on any atom is -0.508 e. The summed E-state index contributed by atoms with van der Waals surface area (Å²) in [5.41, 5.74) is 14.3. The maximum Gasteiger partial charge on any atom is 0.116 e. The number of anilines is 1. The summed E-state index contributed by atoms with van der Waals surface area (Å²) in [6.07, 6.45) is 1.69. The van der Waals surface area contributed by atoms with E-state index in [0.717, 1.165) is 11.1 Å². The largest absolute Gasteiger partial charge is 0.508 e. The summed E-state index contributed by atoms with van der Waals surface area (Å²) in [7, 11) is 0. The van der Waals surface area contributed by atoms with Gasteiger partial charge in [-0.25, -0.2) is 0 Å². The van der Waals surface area contributed by atoms with Crippen LogP contribution < -0.4 is 11.5 Å². The summed E-state index contributed by atoms with van der Waals surface area (Å²) in [5.74, 6) is 0.196. The molecule has 16 heavy (non-hydrogen) atoms. The van der Waals surface area contributed by atoms with Crippen LogP contribution in [-0.4, -0.2) is 10.1 Å². The van der Waals surface area contributed by atoms with Crippen LogP contribution in [0.4, 0.5) is 5.69 Å². The topological polar surface area (TPSA) is 85.2 Å². The van der Waals surface area contributed by atoms with Crippen LogP contribution in [0.2, 0.25) is 0 Å². The molecule has 0 unspecified atom stereocenters. The molecule has 0 atom stereocenters. The zero-order valence-corrected chi connectivity index (χ0v) is 8.72. The van der Waals surface area contributed by atoms with E-state index in [-0.39, 0.29) is 5.75 Å². The Kier molecular flexibility index (Phi) is 2.74. The van der Waals surface area contributed by atoms with Crippen molar-refractivity contribution in [3.63, 3.8) is 0 Å². The molecule has 0 spiro atoms. The SMILES string of the molecule is NCc1cnc(-c2cccc(O)c2)c(N)c1. The van der Waals surface area contributed by atoms with Gasteiger partial charge >= 0.3 is 0 Å². The first-order valence-corrected chi connectivity index (χ1v) is 4.94. The number of aromatic hydroxyl groups is 1. The van der Waals surface area contributed by atoms with Crippen molar-refractivity contribution in [3.05, 3.63) is 42.1 Å². The van der Waals surface area contributed by atoms with Crippen LogP contribution >= 0.6 is 0 Å². The average Bonchev–Trinajstić information content (AvgIpc) is 2.28. The van der Waals surface area contributed by atoms with E-state index < -0.39 is 0 Å². The quantitative estimate of drug-likeness (QED) is 0.708. The summed E-state index contributed by atoms with van der Waals surface area (Å²) in [6, 6.07) is 8.63. The van der Waals surface area contributed by atoms with E-state index in [1.807, 2.05) is 6.07 Å². The molecule has 1 aromatic carbocycles. The fourth-order valence-corrected chi connectivity index (χ4v) is 1.53. The summed E-state index contributed by atoms with van der Waals surface area (Å²) >= 11 is 0. The second kappa shape index (κ2) is 4.20. The molecule has 0 aliphatic heterocycles. The highest BCUT2D eigenvalue weighted by atomic mass is 16.3. The second-order valence-corrected chi connectivity index (χ2v) is 3.54. The fourth-order valence-electron chi connectivity index (χ4n) is 1.53. The zero-order chi connectivity index (χ0) is 11.5. The molecule has 0 saturated heterocycles. The Morgan fingerprint density at radius 3 is 2.69 bits per heavy atom. The fraction of sp³-hybridized carbons (Fsp3) is 0.0833. The Balaban J connectivity index is 2.48. The average molecular weight is 215 g/mol. The molecule has 1 heterocycles. The van der Waals surface area contributed by atoms with E-state index in [2.05, 4.69) is 4.98 Å². The first-order chi connectivity index (χ1) is 7.70. The molecule has 5 N–H and O–H groups in total. The van der Waals surface area contributed by atoms with E-state index in [0.29, 0.717) is 17.9 Å². The summed E-state index contributed by atoms with van der Waals surface area (Å²) in [6.45, 7) is 0.414. The zero-order valence-electron chi connectivity index (χ0n) is 8.72. The molecule has 0 radical (unpaired) electrons. The lowest BCUT2D eigenvalue weighted by Crippen LogP contribution is -2.00. The van der Waals surface area contributed by atoms with Gasteiger partial charge in [-0.05, 0) is 23.8 Å². The molecule has 0 fully saturated rings. The van der Waals surface area contributed by atoms with E-state index in [1.54, 1.807) is 30.5 Å². The lowest BCUT2D eigenvalue weighted by atomic mass is 10.1. The van der Waals surface area contributed by atoms with Gasteiger partial charge in [-0.15, -0.1) is 0 Å². The lowest BCUT2D eigenvalue weighted by molar-refractivity contribution is 0.475. The molecule has 0 aliphatic rings. The third-order valence-corrected chi connectivity index (χ3v) is 2.33. The van der Waals surface area contributed by atoms with Gasteiger partial charge in [0.2, 0.25) is 0 Å². The number of nitrogens with two attached hydrogens (primary N) is 2. The number of nitrogens with zero attached hydrogens (tertiary/aromatic N) is 1. The van der Waals surface area contributed by atoms with Gasteiger partial charge in [-0.2, -0.15) is 0 Å². The number of rotatable bonds is 2. The molecule has 0 amide bonds. The number of benzene rings is 1. The van der Waals surface area contributed by atoms with Crippen LogP contribution in [-0.2, 0) is 6.54 Å². The molecule has 0 saturated carbocycles. The monoisotopic (exact) mass is 215 g/mol. The van der Waals surface area contributed by atoms with Gasteiger partial charge in [-0.3, -0.25) is 4.98 Å². The maximum absolute atomic E-state index is 9.38. The summed E-state index contributed by atoms with van der Waals surface area (Å²) in [5, 5.41) is 9.38. The molecule has 4 nitrogen and oxygen atoms in total. The number of phenols is 1. The van der Waals surface area contributed by atoms with Crippen molar-refractivity contribution in [1.29, 1.82) is 0 Å². The predicted octanol–water partition coefficient (Wildman–Crippen LogP) is 1.50. The van der Waals surface area contributed by atoms with Crippen LogP contribution in [0, 0.1) is 0 Å². The van der Waals surface area contributed by atoms with Gasteiger partial charge in [0.15, 0.2) is 0 Å². The minimum absolute atomic E-state index is 0.196. The number of aromatic nitrogens is 1. The van der Waals surface area contributed by atoms with Crippen molar-refractivity contribution >= 4 is 5.69 Å². The lowest BCUT2D eigenvalue weighted by Gasteiger charge is -2.06. The Bertz CT molecular complexity index is 511. The van der Waals surface area contributed by atoms with E-state index in [4.69, 9.17) is 11.5 Å². The van der Waals surface area contributed by atoms with Gasteiger partial charge in [0.1, 0.15) is 5.75 Å². The molecule has 2 aromatic rings. The normalized spacial score (nSPS) is 10.3. The van der Waals surface area contributed by atoms with Crippen molar-refractivity contribution in [2.45, 2.75) is 6.54 Å². The standard InChI is InChI=1S/C12H13N3O/c13-6-8-4-11(14)12(15-7-8)9-2-1-3-10(16)5-9/h1-5,7,16H,6,13-14H2. The van der Waals surface area contributed by atoms with Crippen LogP contribution in [0.3, 0.4) is 0 Å². The molecule has 2 rings (SSSR count). The maximum atomic E-state index is 9.38. The Hall–Kier alpha value is -2.07. The van der Waals surface area contributed by atoms with E-state index in [1.165, 1.54) is 0 Å². The summed E-state index contributed by atoms with van der Waals surface area (Å²) < 4.78 is 0. The Morgan fingerprint density at radius 2 is 2.06 bits per heavy atom. The number of hydrogen-bond donors (Lipinski definition) is 3. The van der Waals surface area contributed by atoms with Crippen LogP contribution in [0.5, 0.6) is 5.75 Å². The van der Waals surface area contributed by atoms with Gasteiger partial charge in [0.25, 0.3) is 0 Å². The molecule has 4 heteroatoms. The molecule has 0 bridgehead atoms. The highest BCUT2D eigenvalue weighted by Crippen LogP contribution is 2.26. The highest BCUT2D eigenvalue weighted by Gasteiger charge is 2.05. The molecular formula is C12H13N3O. The Labute approximate surface area is 93.5 Å². The number of phenolic OH excluding ortho intramolecular Hbond substituents is 1. The van der Waals surface area contributed by atoms with Crippen molar-refractivity contribution in [3.8, 4) is 17.0 Å². The first kappa shape index (κ1) is 10.4. The molecule has 1 aromatic heterocycles. The third kappa shape index (κ3) is 1.97. The van der Waals surface area contributed by atoms with E-state index >= 15 is 0 Å². The third-order valence-electron chi connectivity index (χ3n) is 2.33. The number of hydrogen-bond acceptors (Lipinski definition) is 4. The second-order valence-electron chi connectivity index (χ2n) is 3.54. The van der Waals surface area contributed by atoms with Gasteiger partial charge in [0, 0.05) is 18.3 Å². The predicted molar refractivity (Wildman–Crippen MR) is 63.6 cm³/mol. The highest BCUT2D eigenvalue weighted by molar-refractivity contribution is 5.73. The van der Waals surface area contributed by atoms with E-state index in [9.17, 15) is 5.11 Å².